The maximum Gasteiger partial charge on any atom is 0.236 e. The molecule has 1 saturated carbocycles. The van der Waals surface area contributed by atoms with Gasteiger partial charge in [0.25, 0.3) is 0 Å². The van der Waals surface area contributed by atoms with Crippen LogP contribution in [0.4, 0.5) is 0 Å². The van der Waals surface area contributed by atoms with E-state index in [-0.39, 0.29) is 6.04 Å². The number of hydrogen-bond donors (Lipinski definition) is 0. The van der Waals surface area contributed by atoms with E-state index in [0.29, 0.717) is 6.54 Å². The zero-order valence-electron chi connectivity index (χ0n) is 13.6. The predicted molar refractivity (Wildman–Crippen MR) is 96.0 cm³/mol. The first kappa shape index (κ1) is 16.7. The van der Waals surface area contributed by atoms with E-state index in [9.17, 15) is 8.42 Å². The molecule has 126 valence electrons. The monoisotopic (exact) mass is 343 g/mol. The fraction of sp³-hybridized carbons (Fsp3) is 0.263. The lowest BCUT2D eigenvalue weighted by Crippen LogP contribution is -2.31. The molecule has 0 amide bonds. The van der Waals surface area contributed by atoms with Gasteiger partial charge in [0.1, 0.15) is 5.75 Å². The van der Waals surface area contributed by atoms with E-state index < -0.39 is 10.0 Å². The molecule has 0 bridgehead atoms. The summed E-state index contributed by atoms with van der Waals surface area (Å²) < 4.78 is 32.2. The Morgan fingerprint density at radius 3 is 2.33 bits per heavy atom. The molecule has 0 N–H and O–H groups in total. The molecule has 0 atom stereocenters. The first-order chi connectivity index (χ1) is 11.6. The molecular weight excluding hydrogens is 322 g/mol. The minimum Gasteiger partial charge on any atom is -0.497 e. The summed E-state index contributed by atoms with van der Waals surface area (Å²) in [6.07, 6.45) is 3.50. The second-order valence-corrected chi connectivity index (χ2v) is 7.65. The smallest absolute Gasteiger partial charge is 0.236 e. The van der Waals surface area contributed by atoms with Crippen LogP contribution < -0.4 is 4.74 Å². The molecule has 1 aliphatic carbocycles. The van der Waals surface area contributed by atoms with Crippen molar-refractivity contribution in [2.75, 3.05) is 7.11 Å². The summed E-state index contributed by atoms with van der Waals surface area (Å²) in [7, 11) is -1.83. The molecule has 0 unspecified atom stereocenters. The van der Waals surface area contributed by atoms with Gasteiger partial charge in [-0.15, -0.1) is 0 Å². The fourth-order valence-corrected chi connectivity index (χ4v) is 3.95. The summed E-state index contributed by atoms with van der Waals surface area (Å²) in [6, 6.07) is 17.1. The maximum atomic E-state index is 12.7. The summed E-state index contributed by atoms with van der Waals surface area (Å²) in [5.41, 5.74) is 1.83. The van der Waals surface area contributed by atoms with Crippen LogP contribution in [-0.2, 0) is 16.6 Å². The van der Waals surface area contributed by atoms with Crippen molar-refractivity contribution in [2.45, 2.75) is 25.4 Å². The van der Waals surface area contributed by atoms with Crippen molar-refractivity contribution in [2.24, 2.45) is 0 Å². The highest BCUT2D eigenvalue weighted by atomic mass is 32.2. The average Bonchev–Trinajstić information content (AvgIpc) is 3.44. The third-order valence-corrected chi connectivity index (χ3v) is 5.57. The van der Waals surface area contributed by atoms with Crippen molar-refractivity contribution < 1.29 is 13.2 Å². The van der Waals surface area contributed by atoms with E-state index in [1.165, 1.54) is 5.41 Å². The van der Waals surface area contributed by atoms with E-state index in [0.717, 1.165) is 29.7 Å². The van der Waals surface area contributed by atoms with Crippen LogP contribution in [0.2, 0.25) is 0 Å². The highest BCUT2D eigenvalue weighted by Gasteiger charge is 2.35. The van der Waals surface area contributed by atoms with Crippen LogP contribution in [0.3, 0.4) is 0 Å². The van der Waals surface area contributed by atoms with Crippen LogP contribution in [0.5, 0.6) is 5.75 Å². The molecule has 1 aliphatic rings. The molecule has 0 spiro atoms. The topological polar surface area (TPSA) is 46.6 Å². The summed E-state index contributed by atoms with van der Waals surface area (Å²) in [4.78, 5) is 0. The summed E-state index contributed by atoms with van der Waals surface area (Å²) in [5, 5.41) is 1.31. The quantitative estimate of drug-likeness (QED) is 0.771. The van der Waals surface area contributed by atoms with E-state index in [1.54, 1.807) is 17.5 Å². The number of hydrogen-bond acceptors (Lipinski definition) is 3. The minimum atomic E-state index is -3.45. The van der Waals surface area contributed by atoms with E-state index in [4.69, 9.17) is 4.74 Å². The van der Waals surface area contributed by atoms with Gasteiger partial charge in [-0.25, -0.2) is 8.42 Å². The number of ether oxygens (including phenoxy) is 1. The number of nitrogens with zero attached hydrogens (tertiary/aromatic N) is 1. The lowest BCUT2D eigenvalue weighted by Gasteiger charge is -2.20. The van der Waals surface area contributed by atoms with E-state index in [1.807, 2.05) is 54.6 Å². The van der Waals surface area contributed by atoms with Gasteiger partial charge < -0.3 is 4.74 Å². The Bertz CT molecular complexity index is 794. The molecule has 1 fully saturated rings. The summed E-state index contributed by atoms with van der Waals surface area (Å²) >= 11 is 0. The molecule has 4 nitrogen and oxygen atoms in total. The molecule has 0 radical (unpaired) electrons. The zero-order valence-corrected chi connectivity index (χ0v) is 14.4. The van der Waals surface area contributed by atoms with E-state index >= 15 is 0 Å². The molecule has 0 aliphatic heterocycles. The van der Waals surface area contributed by atoms with Gasteiger partial charge in [0, 0.05) is 18.0 Å². The van der Waals surface area contributed by atoms with Crippen LogP contribution in [0, 0.1) is 0 Å². The van der Waals surface area contributed by atoms with Gasteiger partial charge in [0.2, 0.25) is 10.0 Å². The Morgan fingerprint density at radius 2 is 1.75 bits per heavy atom. The highest BCUT2D eigenvalue weighted by Crippen LogP contribution is 2.31. The largest absolute Gasteiger partial charge is 0.497 e. The van der Waals surface area contributed by atoms with Crippen molar-refractivity contribution >= 4 is 16.1 Å². The number of benzene rings is 2. The zero-order chi connectivity index (χ0) is 17.0. The van der Waals surface area contributed by atoms with Gasteiger partial charge in [0.05, 0.1) is 7.11 Å². The van der Waals surface area contributed by atoms with Crippen molar-refractivity contribution in [1.29, 1.82) is 0 Å². The van der Waals surface area contributed by atoms with Crippen LogP contribution >= 0.6 is 0 Å². The molecule has 0 aromatic heterocycles. The predicted octanol–water partition coefficient (Wildman–Crippen LogP) is 3.66. The second-order valence-electron chi connectivity index (χ2n) is 5.88. The normalized spacial score (nSPS) is 15.1. The SMILES string of the molecule is COc1ccc(CN(C2CC2)S(=O)(=O)/C=C/c2ccccc2)cc1. The van der Waals surface area contributed by atoms with Crippen molar-refractivity contribution in [3.8, 4) is 5.75 Å². The fourth-order valence-electron chi connectivity index (χ4n) is 2.51. The molecule has 2 aromatic carbocycles. The third kappa shape index (κ3) is 4.24. The molecule has 3 rings (SSSR count). The van der Waals surface area contributed by atoms with Gasteiger partial charge in [0.15, 0.2) is 0 Å². The number of rotatable bonds is 7. The first-order valence-corrected chi connectivity index (χ1v) is 9.47. The standard InChI is InChI=1S/C19H21NO3S/c1-23-19-11-7-17(8-12-19)15-20(18-9-10-18)24(21,22)14-13-16-5-3-2-4-6-16/h2-8,11-14,18H,9-10,15H2,1H3/b14-13+. The second kappa shape index (κ2) is 7.20. The molecule has 2 aromatic rings. The lowest BCUT2D eigenvalue weighted by molar-refractivity contribution is 0.402. The molecule has 5 heteroatoms. The summed E-state index contributed by atoms with van der Waals surface area (Å²) in [6.45, 7) is 0.385. The average molecular weight is 343 g/mol. The van der Waals surface area contributed by atoms with Crippen LogP contribution in [0.25, 0.3) is 6.08 Å². The van der Waals surface area contributed by atoms with Crippen LogP contribution in [0.15, 0.2) is 60.0 Å². The Morgan fingerprint density at radius 1 is 1.08 bits per heavy atom. The maximum absolute atomic E-state index is 12.7. The van der Waals surface area contributed by atoms with Gasteiger partial charge in [-0.05, 0) is 42.2 Å². The van der Waals surface area contributed by atoms with Gasteiger partial charge in [-0.1, -0.05) is 42.5 Å². The summed E-state index contributed by atoms with van der Waals surface area (Å²) in [5.74, 6) is 0.767. The Balaban J connectivity index is 1.77. The Kier molecular flexibility index (Phi) is 5.02. The van der Waals surface area contributed by atoms with Crippen LogP contribution in [0.1, 0.15) is 24.0 Å². The Hall–Kier alpha value is -2.11. The van der Waals surface area contributed by atoms with Crippen LogP contribution in [-0.4, -0.2) is 25.9 Å². The molecule has 24 heavy (non-hydrogen) atoms. The Labute approximate surface area is 143 Å². The highest BCUT2D eigenvalue weighted by molar-refractivity contribution is 7.92. The molecule has 0 heterocycles. The molecule has 0 saturated heterocycles. The van der Waals surface area contributed by atoms with Crippen molar-refractivity contribution in [1.82, 2.24) is 4.31 Å². The minimum absolute atomic E-state index is 0.109. The molecular formula is C19H21NO3S. The first-order valence-electron chi connectivity index (χ1n) is 7.96. The van der Waals surface area contributed by atoms with Crippen molar-refractivity contribution in [3.05, 3.63) is 71.1 Å². The van der Waals surface area contributed by atoms with Gasteiger partial charge >= 0.3 is 0 Å². The van der Waals surface area contributed by atoms with Gasteiger partial charge in [-0.3, -0.25) is 0 Å². The number of sulfonamides is 1. The lowest BCUT2D eigenvalue weighted by atomic mass is 10.2. The number of methoxy groups -OCH3 is 1. The van der Waals surface area contributed by atoms with Crippen molar-refractivity contribution in [3.63, 3.8) is 0 Å². The van der Waals surface area contributed by atoms with Gasteiger partial charge in [-0.2, -0.15) is 4.31 Å². The van der Waals surface area contributed by atoms with E-state index in [2.05, 4.69) is 0 Å². The third-order valence-electron chi connectivity index (χ3n) is 4.01.